The van der Waals surface area contributed by atoms with Crippen LogP contribution in [0.5, 0.6) is 11.6 Å². The number of carbonyl (C=O) groups is 1. The fraction of sp³-hybridized carbons (Fsp3) is 0.211. The third-order valence-electron chi connectivity index (χ3n) is 3.92. The van der Waals surface area contributed by atoms with E-state index in [1.54, 1.807) is 0 Å². The van der Waals surface area contributed by atoms with Gasteiger partial charge in [-0.1, -0.05) is 0 Å². The van der Waals surface area contributed by atoms with Gasteiger partial charge in [0.25, 0.3) is 5.91 Å². The molecule has 0 radical (unpaired) electrons. The van der Waals surface area contributed by atoms with Crippen LogP contribution in [0, 0.1) is 5.95 Å². The van der Waals surface area contributed by atoms with Crippen LogP contribution in [0.1, 0.15) is 16.1 Å². The second-order valence-corrected chi connectivity index (χ2v) is 5.95. The van der Waals surface area contributed by atoms with Crippen molar-refractivity contribution >= 4 is 5.91 Å². The number of nitrogens with zero attached hydrogens (tertiary/aromatic N) is 5. The summed E-state index contributed by atoms with van der Waals surface area (Å²) in [5.74, 6) is -1.32. The first-order valence-corrected chi connectivity index (χ1v) is 8.70. The highest BCUT2D eigenvalue weighted by Gasteiger charge is 2.17. The lowest BCUT2D eigenvalue weighted by Gasteiger charge is -2.17. The number of hydroxylamine groups is 2. The highest BCUT2D eigenvalue weighted by atomic mass is 19.3. The fourth-order valence-electron chi connectivity index (χ4n) is 2.37. The molecule has 3 aromatic heterocycles. The molecule has 0 aliphatic heterocycles. The standard InChI is InChI=1S/C19H16F3N5O4/c1-27(30-10-12-5-13(29-2)7-25-17(12)20)18(28)15-9-23-8-14(26-15)11-3-4-16(24-6-11)31-19(21)22/h3-9,19H,10H2,1-2H3. The molecular weight excluding hydrogens is 419 g/mol. The van der Waals surface area contributed by atoms with Gasteiger partial charge in [-0.3, -0.25) is 14.6 Å². The van der Waals surface area contributed by atoms with Crippen LogP contribution in [0.25, 0.3) is 11.3 Å². The van der Waals surface area contributed by atoms with Gasteiger partial charge in [0.1, 0.15) is 18.1 Å². The largest absolute Gasteiger partial charge is 0.495 e. The van der Waals surface area contributed by atoms with Crippen LogP contribution in [-0.4, -0.2) is 51.7 Å². The van der Waals surface area contributed by atoms with Crippen molar-refractivity contribution in [2.24, 2.45) is 0 Å². The van der Waals surface area contributed by atoms with E-state index in [9.17, 15) is 18.0 Å². The molecule has 0 fully saturated rings. The zero-order valence-corrected chi connectivity index (χ0v) is 16.3. The minimum absolute atomic E-state index is 0.0582. The molecule has 0 aliphatic rings. The fourth-order valence-corrected chi connectivity index (χ4v) is 2.37. The van der Waals surface area contributed by atoms with E-state index >= 15 is 0 Å². The normalized spacial score (nSPS) is 10.8. The molecule has 31 heavy (non-hydrogen) atoms. The Morgan fingerprint density at radius 3 is 2.65 bits per heavy atom. The Bertz CT molecular complexity index is 1050. The van der Waals surface area contributed by atoms with Gasteiger partial charge in [-0.25, -0.2) is 20.0 Å². The molecule has 12 heteroatoms. The van der Waals surface area contributed by atoms with Crippen molar-refractivity contribution in [3.05, 3.63) is 60.2 Å². The third kappa shape index (κ3) is 5.63. The molecule has 9 nitrogen and oxygen atoms in total. The summed E-state index contributed by atoms with van der Waals surface area (Å²) < 4.78 is 47.4. The zero-order chi connectivity index (χ0) is 22.4. The quantitative estimate of drug-likeness (QED) is 0.393. The smallest absolute Gasteiger partial charge is 0.388 e. The zero-order valence-electron chi connectivity index (χ0n) is 16.3. The van der Waals surface area contributed by atoms with Crippen molar-refractivity contribution in [2.45, 2.75) is 13.2 Å². The predicted molar refractivity (Wildman–Crippen MR) is 99.5 cm³/mol. The van der Waals surface area contributed by atoms with E-state index in [1.165, 1.54) is 57.1 Å². The van der Waals surface area contributed by atoms with Gasteiger partial charge in [-0.15, -0.1) is 0 Å². The van der Waals surface area contributed by atoms with E-state index in [2.05, 4.69) is 24.7 Å². The van der Waals surface area contributed by atoms with E-state index in [4.69, 9.17) is 9.57 Å². The first-order valence-electron chi connectivity index (χ1n) is 8.70. The lowest BCUT2D eigenvalue weighted by Crippen LogP contribution is -2.28. The summed E-state index contributed by atoms with van der Waals surface area (Å²) in [6, 6.07) is 4.08. The van der Waals surface area contributed by atoms with Gasteiger partial charge in [0.05, 0.1) is 31.4 Å². The Balaban J connectivity index is 1.69. The Kier molecular flexibility index (Phi) is 6.92. The van der Waals surface area contributed by atoms with Crippen molar-refractivity contribution in [1.82, 2.24) is 25.0 Å². The minimum atomic E-state index is -2.99. The number of halogens is 3. The van der Waals surface area contributed by atoms with Crippen molar-refractivity contribution < 1.29 is 32.3 Å². The molecule has 0 N–H and O–H groups in total. The second-order valence-electron chi connectivity index (χ2n) is 5.95. The summed E-state index contributed by atoms with van der Waals surface area (Å²) in [4.78, 5) is 33.3. The number of aromatic nitrogens is 4. The number of hydrogen-bond donors (Lipinski definition) is 0. The molecule has 0 saturated carbocycles. The molecule has 0 aliphatic carbocycles. The van der Waals surface area contributed by atoms with Gasteiger partial charge in [0, 0.05) is 30.4 Å². The molecule has 0 atom stereocenters. The van der Waals surface area contributed by atoms with Crippen LogP contribution in [0.3, 0.4) is 0 Å². The van der Waals surface area contributed by atoms with Gasteiger partial charge < -0.3 is 9.47 Å². The maximum absolute atomic E-state index is 13.8. The van der Waals surface area contributed by atoms with Crippen LogP contribution in [0.15, 0.2) is 43.0 Å². The first-order chi connectivity index (χ1) is 14.9. The number of ether oxygens (including phenoxy) is 2. The van der Waals surface area contributed by atoms with Crippen molar-refractivity contribution in [1.29, 1.82) is 0 Å². The number of alkyl halides is 2. The van der Waals surface area contributed by atoms with Gasteiger partial charge in [-0.05, 0) is 12.1 Å². The van der Waals surface area contributed by atoms with Crippen LogP contribution >= 0.6 is 0 Å². The van der Waals surface area contributed by atoms with E-state index < -0.39 is 18.5 Å². The van der Waals surface area contributed by atoms with Gasteiger partial charge in [0.15, 0.2) is 0 Å². The van der Waals surface area contributed by atoms with E-state index in [1.807, 2.05) is 0 Å². The van der Waals surface area contributed by atoms with Crippen LogP contribution in [0.4, 0.5) is 13.2 Å². The first kappa shape index (κ1) is 21.9. The number of methoxy groups -OCH3 is 1. The average molecular weight is 435 g/mol. The molecule has 162 valence electrons. The highest BCUT2D eigenvalue weighted by Crippen LogP contribution is 2.20. The summed E-state index contributed by atoms with van der Waals surface area (Å²) in [6.45, 7) is -3.27. The number of rotatable bonds is 8. The molecule has 1 amide bonds. The number of amides is 1. The molecule has 0 spiro atoms. The maximum atomic E-state index is 13.8. The lowest BCUT2D eigenvalue weighted by atomic mass is 10.2. The topological polar surface area (TPSA) is 99.6 Å². The van der Waals surface area contributed by atoms with Crippen LogP contribution in [-0.2, 0) is 11.4 Å². The summed E-state index contributed by atoms with van der Waals surface area (Å²) in [6.07, 6.45) is 5.07. The van der Waals surface area contributed by atoms with Crippen molar-refractivity contribution in [3.63, 3.8) is 0 Å². The predicted octanol–water partition coefficient (Wildman–Crippen LogP) is 2.89. The molecule has 3 rings (SSSR count). The summed E-state index contributed by atoms with van der Waals surface area (Å²) in [5, 5.41) is 0.879. The Hall–Kier alpha value is -3.80. The SMILES string of the molecule is COc1cnc(F)c(CON(C)C(=O)c2cncc(-c3ccc(OC(F)F)nc3)n2)c1. The monoisotopic (exact) mass is 435 g/mol. The molecule has 0 saturated heterocycles. The molecule has 3 heterocycles. The van der Waals surface area contributed by atoms with Crippen molar-refractivity contribution in [3.8, 4) is 22.9 Å². The Labute approximate surface area is 174 Å². The average Bonchev–Trinajstić information content (AvgIpc) is 2.78. The highest BCUT2D eigenvalue weighted by molar-refractivity contribution is 5.91. The number of pyridine rings is 2. The van der Waals surface area contributed by atoms with Crippen LogP contribution < -0.4 is 9.47 Å². The summed E-state index contributed by atoms with van der Waals surface area (Å²) in [7, 11) is 2.75. The Morgan fingerprint density at radius 1 is 1.16 bits per heavy atom. The lowest BCUT2D eigenvalue weighted by molar-refractivity contribution is -0.117. The van der Waals surface area contributed by atoms with E-state index in [0.29, 0.717) is 11.3 Å². The molecule has 0 bridgehead atoms. The second kappa shape index (κ2) is 9.80. The number of carbonyl (C=O) groups excluding carboxylic acids is 1. The minimum Gasteiger partial charge on any atom is -0.495 e. The van der Waals surface area contributed by atoms with Gasteiger partial charge >= 0.3 is 6.61 Å². The molecular formula is C19H16F3N5O4. The number of hydrogen-bond acceptors (Lipinski definition) is 8. The van der Waals surface area contributed by atoms with Gasteiger partial charge in [0.2, 0.25) is 11.8 Å². The molecule has 3 aromatic rings. The third-order valence-corrected chi connectivity index (χ3v) is 3.92. The summed E-state index contributed by atoms with van der Waals surface area (Å²) in [5.41, 5.74) is 0.739. The molecule has 0 aromatic carbocycles. The van der Waals surface area contributed by atoms with Crippen molar-refractivity contribution in [2.75, 3.05) is 14.2 Å². The van der Waals surface area contributed by atoms with E-state index in [-0.39, 0.29) is 29.4 Å². The van der Waals surface area contributed by atoms with E-state index in [0.717, 1.165) is 5.06 Å². The Morgan fingerprint density at radius 2 is 1.97 bits per heavy atom. The maximum Gasteiger partial charge on any atom is 0.388 e. The summed E-state index contributed by atoms with van der Waals surface area (Å²) >= 11 is 0. The molecule has 0 unspecified atom stereocenters. The van der Waals surface area contributed by atoms with Crippen LogP contribution in [0.2, 0.25) is 0 Å². The van der Waals surface area contributed by atoms with Gasteiger partial charge in [-0.2, -0.15) is 13.2 Å².